The van der Waals surface area contributed by atoms with Crippen molar-refractivity contribution in [3.8, 4) is 0 Å². The number of hydrogen-bond acceptors (Lipinski definition) is 2. The number of carbonyl (C=O) groups excluding carboxylic acids is 1. The molecule has 0 aliphatic heterocycles. The zero-order valence-corrected chi connectivity index (χ0v) is 12.2. The zero-order valence-electron chi connectivity index (χ0n) is 9.28. The van der Waals surface area contributed by atoms with Crippen molar-refractivity contribution in [1.29, 1.82) is 0 Å². The first-order chi connectivity index (χ1) is 8.58. The van der Waals surface area contributed by atoms with Crippen molar-refractivity contribution in [2.75, 3.05) is 11.1 Å². The fraction of sp³-hybridized carbons (Fsp3) is 0. The monoisotopic (exact) mass is 372 g/mol. The fourth-order valence-electron chi connectivity index (χ4n) is 1.45. The Balaban J connectivity index is 2.22. The third-order valence-electron chi connectivity index (χ3n) is 2.38. The summed E-state index contributed by atoms with van der Waals surface area (Å²) in [6, 6.07) is 12.4. The van der Waals surface area contributed by atoms with Gasteiger partial charge in [0.05, 0.1) is 16.3 Å². The fourth-order valence-corrected chi connectivity index (χ4v) is 2.26. The summed E-state index contributed by atoms with van der Waals surface area (Å²) in [6.07, 6.45) is 0. The highest BCUT2D eigenvalue weighted by molar-refractivity contribution is 14.1. The van der Waals surface area contributed by atoms with Gasteiger partial charge in [0.1, 0.15) is 0 Å². The van der Waals surface area contributed by atoms with Crippen molar-refractivity contribution in [3.63, 3.8) is 0 Å². The molecule has 0 aromatic heterocycles. The van der Waals surface area contributed by atoms with Crippen LogP contribution >= 0.6 is 34.2 Å². The second-order valence-electron chi connectivity index (χ2n) is 3.67. The van der Waals surface area contributed by atoms with E-state index in [1.807, 2.05) is 18.2 Å². The largest absolute Gasteiger partial charge is 0.398 e. The van der Waals surface area contributed by atoms with Crippen molar-refractivity contribution >= 4 is 51.5 Å². The van der Waals surface area contributed by atoms with Crippen LogP contribution in [0.5, 0.6) is 0 Å². The maximum Gasteiger partial charge on any atom is 0.256 e. The van der Waals surface area contributed by atoms with Gasteiger partial charge in [-0.15, -0.1) is 0 Å². The van der Waals surface area contributed by atoms with Crippen LogP contribution in [0.15, 0.2) is 42.5 Å². The van der Waals surface area contributed by atoms with Crippen molar-refractivity contribution < 1.29 is 4.79 Å². The Morgan fingerprint density at radius 1 is 1.22 bits per heavy atom. The van der Waals surface area contributed by atoms with E-state index in [-0.39, 0.29) is 5.91 Å². The summed E-state index contributed by atoms with van der Waals surface area (Å²) >= 11 is 8.02. The lowest BCUT2D eigenvalue weighted by atomic mass is 10.2. The lowest BCUT2D eigenvalue weighted by molar-refractivity contribution is 0.102. The summed E-state index contributed by atoms with van der Waals surface area (Å²) in [5, 5.41) is 3.21. The lowest BCUT2D eigenvalue weighted by Crippen LogP contribution is -2.13. The molecule has 0 fully saturated rings. The van der Waals surface area contributed by atoms with E-state index < -0.39 is 0 Å². The molecule has 0 heterocycles. The molecule has 0 bridgehead atoms. The molecule has 2 rings (SSSR count). The quantitative estimate of drug-likeness (QED) is 0.623. The highest BCUT2D eigenvalue weighted by Gasteiger charge is 2.09. The minimum atomic E-state index is -0.166. The van der Waals surface area contributed by atoms with Gasteiger partial charge >= 0.3 is 0 Å². The van der Waals surface area contributed by atoms with E-state index in [0.717, 1.165) is 3.57 Å². The van der Waals surface area contributed by atoms with E-state index in [1.165, 1.54) is 0 Å². The molecule has 0 saturated heterocycles. The molecule has 0 saturated carbocycles. The Kier molecular flexibility index (Phi) is 4.08. The number of nitrogens with one attached hydrogen (secondary N) is 1. The van der Waals surface area contributed by atoms with E-state index in [1.54, 1.807) is 24.3 Å². The molecule has 0 aliphatic carbocycles. The van der Waals surface area contributed by atoms with Gasteiger partial charge in [0, 0.05) is 9.26 Å². The van der Waals surface area contributed by atoms with E-state index in [0.29, 0.717) is 22.0 Å². The van der Waals surface area contributed by atoms with Crippen molar-refractivity contribution in [2.45, 2.75) is 0 Å². The molecule has 2 aromatic carbocycles. The number of nitrogens with two attached hydrogens (primary N) is 1. The van der Waals surface area contributed by atoms with Gasteiger partial charge in [-0.25, -0.2) is 0 Å². The number of rotatable bonds is 2. The highest BCUT2D eigenvalue weighted by Crippen LogP contribution is 2.23. The predicted octanol–water partition coefficient (Wildman–Crippen LogP) is 3.78. The van der Waals surface area contributed by atoms with Gasteiger partial charge < -0.3 is 11.1 Å². The molecule has 3 N–H and O–H groups in total. The maximum atomic E-state index is 12.0. The number of benzene rings is 2. The van der Waals surface area contributed by atoms with Crippen LogP contribution in [0.4, 0.5) is 11.4 Å². The van der Waals surface area contributed by atoms with Crippen LogP contribution < -0.4 is 11.1 Å². The topological polar surface area (TPSA) is 55.1 Å². The highest BCUT2D eigenvalue weighted by atomic mass is 127. The Morgan fingerprint density at radius 3 is 2.61 bits per heavy atom. The molecular weight excluding hydrogens is 363 g/mol. The molecule has 0 atom stereocenters. The van der Waals surface area contributed by atoms with Gasteiger partial charge in [-0.1, -0.05) is 23.7 Å². The smallest absolute Gasteiger partial charge is 0.256 e. The van der Waals surface area contributed by atoms with E-state index in [2.05, 4.69) is 27.9 Å². The summed E-state index contributed by atoms with van der Waals surface area (Å²) in [7, 11) is 0. The summed E-state index contributed by atoms with van der Waals surface area (Å²) in [5.41, 5.74) is 7.35. The molecule has 3 nitrogen and oxygen atoms in total. The van der Waals surface area contributed by atoms with Crippen LogP contribution in [-0.2, 0) is 0 Å². The first-order valence-corrected chi connectivity index (χ1v) is 6.64. The minimum Gasteiger partial charge on any atom is -0.398 e. The molecule has 0 unspecified atom stereocenters. The first kappa shape index (κ1) is 13.2. The average Bonchev–Trinajstić information content (AvgIpc) is 2.34. The normalized spacial score (nSPS) is 10.1. The van der Waals surface area contributed by atoms with Crippen LogP contribution in [0.2, 0.25) is 5.02 Å². The molecule has 0 spiro atoms. The molecule has 92 valence electrons. The predicted molar refractivity (Wildman–Crippen MR) is 83.0 cm³/mol. The molecule has 0 radical (unpaired) electrons. The Labute approximate surface area is 123 Å². The van der Waals surface area contributed by atoms with Crippen molar-refractivity contribution in [2.24, 2.45) is 0 Å². The van der Waals surface area contributed by atoms with Gasteiger partial charge in [-0.2, -0.15) is 0 Å². The van der Waals surface area contributed by atoms with Gasteiger partial charge in [-0.3, -0.25) is 4.79 Å². The van der Waals surface area contributed by atoms with Gasteiger partial charge in [-0.05, 0) is 52.9 Å². The van der Waals surface area contributed by atoms with Crippen LogP contribution in [0, 0.1) is 3.57 Å². The zero-order chi connectivity index (χ0) is 13.1. The van der Waals surface area contributed by atoms with Gasteiger partial charge in [0.2, 0.25) is 0 Å². The van der Waals surface area contributed by atoms with Crippen LogP contribution in [0.3, 0.4) is 0 Å². The summed E-state index contributed by atoms with van der Waals surface area (Å²) in [6.45, 7) is 0. The molecule has 18 heavy (non-hydrogen) atoms. The second kappa shape index (κ2) is 5.58. The second-order valence-corrected chi connectivity index (χ2v) is 5.24. The van der Waals surface area contributed by atoms with Crippen molar-refractivity contribution in [1.82, 2.24) is 0 Å². The van der Waals surface area contributed by atoms with E-state index >= 15 is 0 Å². The maximum absolute atomic E-state index is 12.0. The SMILES string of the molecule is Nc1ccc(NC(=O)c2ccccc2I)cc1Cl. The van der Waals surface area contributed by atoms with E-state index in [4.69, 9.17) is 17.3 Å². The van der Waals surface area contributed by atoms with Crippen LogP contribution in [0.25, 0.3) is 0 Å². The van der Waals surface area contributed by atoms with Gasteiger partial charge in [0.25, 0.3) is 5.91 Å². The first-order valence-electron chi connectivity index (χ1n) is 5.19. The van der Waals surface area contributed by atoms with E-state index in [9.17, 15) is 4.79 Å². The summed E-state index contributed by atoms with van der Waals surface area (Å²) < 4.78 is 0.897. The number of nitrogen functional groups attached to an aromatic ring is 1. The third-order valence-corrected chi connectivity index (χ3v) is 3.64. The Bertz CT molecular complexity index is 601. The number of amides is 1. The minimum absolute atomic E-state index is 0.166. The standard InChI is InChI=1S/C13H10ClIN2O/c14-10-7-8(5-6-12(10)16)17-13(18)9-3-1-2-4-11(9)15/h1-7H,16H2,(H,17,18). The van der Waals surface area contributed by atoms with Crippen LogP contribution in [0.1, 0.15) is 10.4 Å². The van der Waals surface area contributed by atoms with Crippen molar-refractivity contribution in [3.05, 3.63) is 56.6 Å². The average molecular weight is 373 g/mol. The number of hydrogen-bond donors (Lipinski definition) is 2. The Morgan fingerprint density at radius 2 is 1.94 bits per heavy atom. The van der Waals surface area contributed by atoms with Gasteiger partial charge in [0.15, 0.2) is 0 Å². The number of anilines is 2. The molecule has 1 amide bonds. The van der Waals surface area contributed by atoms with Crippen LogP contribution in [-0.4, -0.2) is 5.91 Å². The number of carbonyl (C=O) groups is 1. The molecule has 5 heteroatoms. The molecule has 2 aromatic rings. The number of halogens is 2. The summed E-state index contributed by atoms with van der Waals surface area (Å²) in [5.74, 6) is -0.166. The summed E-state index contributed by atoms with van der Waals surface area (Å²) in [4.78, 5) is 12.0. The molecular formula is C13H10ClIN2O. The third kappa shape index (κ3) is 2.94. The molecule has 0 aliphatic rings. The lowest BCUT2D eigenvalue weighted by Gasteiger charge is -2.08. The Hall–Kier alpha value is -1.27.